The Balaban J connectivity index is 2.92. The molecule has 0 N–H and O–H groups in total. The van der Waals surface area contributed by atoms with Gasteiger partial charge in [-0.2, -0.15) is 0 Å². The maximum atomic E-state index is 11.9. The molecule has 1 heterocycles. The SMILES string of the molecule is CC(C)N1CC(=O)N([Si](C)(C)C)C1=O. The quantitative estimate of drug-likeness (QED) is 0.516. The first-order valence-corrected chi connectivity index (χ1v) is 8.33. The molecular weight excluding hydrogens is 196 g/mol. The van der Waals surface area contributed by atoms with Gasteiger partial charge in [-0.3, -0.25) is 9.36 Å². The van der Waals surface area contributed by atoms with Gasteiger partial charge in [-0.05, 0) is 13.8 Å². The number of urea groups is 1. The minimum atomic E-state index is -1.85. The molecule has 1 aliphatic rings. The minimum Gasteiger partial charge on any atom is -0.313 e. The minimum absolute atomic E-state index is 0.0390. The van der Waals surface area contributed by atoms with Crippen molar-refractivity contribution in [3.8, 4) is 0 Å². The van der Waals surface area contributed by atoms with Crippen LogP contribution in [-0.2, 0) is 4.79 Å². The van der Waals surface area contributed by atoms with Gasteiger partial charge in [0, 0.05) is 6.04 Å². The first kappa shape index (κ1) is 11.2. The molecule has 0 atom stereocenters. The molecule has 1 rings (SSSR count). The molecule has 1 saturated heterocycles. The number of amides is 3. The monoisotopic (exact) mass is 214 g/mol. The van der Waals surface area contributed by atoms with Crippen LogP contribution in [-0.4, -0.2) is 42.2 Å². The first-order valence-electron chi connectivity index (χ1n) is 4.89. The van der Waals surface area contributed by atoms with Crippen molar-refractivity contribution < 1.29 is 9.59 Å². The zero-order chi connectivity index (χ0) is 11.1. The van der Waals surface area contributed by atoms with Gasteiger partial charge in [-0.15, -0.1) is 0 Å². The highest BCUT2D eigenvalue weighted by atomic mass is 28.3. The molecule has 0 aromatic rings. The molecule has 0 radical (unpaired) electrons. The summed E-state index contributed by atoms with van der Waals surface area (Å²) < 4.78 is 1.48. The summed E-state index contributed by atoms with van der Waals surface area (Å²) in [6.45, 7) is 10.1. The van der Waals surface area contributed by atoms with E-state index in [1.807, 2.05) is 33.5 Å². The van der Waals surface area contributed by atoms with Crippen LogP contribution in [0.25, 0.3) is 0 Å². The van der Waals surface area contributed by atoms with Crippen molar-refractivity contribution in [3.63, 3.8) is 0 Å². The van der Waals surface area contributed by atoms with Gasteiger partial charge >= 0.3 is 6.03 Å². The standard InChI is InChI=1S/C9H18N2O2Si/c1-7(2)10-6-8(12)11(9(10)13)14(3,4)5/h7H,6H2,1-5H3. The molecule has 14 heavy (non-hydrogen) atoms. The van der Waals surface area contributed by atoms with Crippen LogP contribution in [0.1, 0.15) is 13.8 Å². The third-order valence-electron chi connectivity index (χ3n) is 2.29. The van der Waals surface area contributed by atoms with Crippen molar-refractivity contribution >= 4 is 20.2 Å². The fourth-order valence-electron chi connectivity index (χ4n) is 1.58. The fourth-order valence-corrected chi connectivity index (χ4v) is 3.10. The zero-order valence-corrected chi connectivity index (χ0v) is 10.5. The van der Waals surface area contributed by atoms with Crippen LogP contribution >= 0.6 is 0 Å². The van der Waals surface area contributed by atoms with Gasteiger partial charge in [-0.1, -0.05) is 19.6 Å². The highest BCUT2D eigenvalue weighted by Crippen LogP contribution is 2.20. The van der Waals surface area contributed by atoms with Crippen molar-refractivity contribution in [2.24, 2.45) is 0 Å². The van der Waals surface area contributed by atoms with E-state index in [4.69, 9.17) is 0 Å². The van der Waals surface area contributed by atoms with E-state index in [1.165, 1.54) is 4.57 Å². The Morgan fingerprint density at radius 1 is 1.21 bits per heavy atom. The van der Waals surface area contributed by atoms with Gasteiger partial charge in [0.1, 0.15) is 6.54 Å². The number of hydrogen-bond donors (Lipinski definition) is 0. The zero-order valence-electron chi connectivity index (χ0n) is 9.50. The van der Waals surface area contributed by atoms with Crippen molar-refractivity contribution in [3.05, 3.63) is 0 Å². The number of carbonyl (C=O) groups is 2. The lowest BCUT2D eigenvalue weighted by Gasteiger charge is -2.28. The molecule has 0 spiro atoms. The van der Waals surface area contributed by atoms with Crippen LogP contribution in [0.3, 0.4) is 0 Å². The Hall–Kier alpha value is -0.843. The molecule has 4 nitrogen and oxygen atoms in total. The van der Waals surface area contributed by atoms with E-state index >= 15 is 0 Å². The Morgan fingerprint density at radius 2 is 1.71 bits per heavy atom. The summed E-state index contributed by atoms with van der Waals surface area (Å²) >= 11 is 0. The molecule has 1 aliphatic heterocycles. The van der Waals surface area contributed by atoms with Crippen molar-refractivity contribution in [2.75, 3.05) is 6.54 Å². The van der Waals surface area contributed by atoms with E-state index in [2.05, 4.69) is 0 Å². The molecule has 1 fully saturated rings. The lowest BCUT2D eigenvalue weighted by molar-refractivity contribution is -0.122. The van der Waals surface area contributed by atoms with E-state index in [-0.39, 0.29) is 24.5 Å². The summed E-state index contributed by atoms with van der Waals surface area (Å²) in [6, 6.07) is -0.00281. The largest absolute Gasteiger partial charge is 0.319 e. The van der Waals surface area contributed by atoms with Crippen LogP contribution in [0.2, 0.25) is 19.6 Å². The van der Waals surface area contributed by atoms with E-state index in [0.29, 0.717) is 0 Å². The summed E-state index contributed by atoms with van der Waals surface area (Å²) in [5, 5.41) is 0. The molecule has 0 bridgehead atoms. The number of carbonyl (C=O) groups excluding carboxylic acids is 2. The topological polar surface area (TPSA) is 40.6 Å². The molecule has 3 amide bonds. The van der Waals surface area contributed by atoms with E-state index in [1.54, 1.807) is 4.90 Å². The summed E-state index contributed by atoms with van der Waals surface area (Å²) in [5.74, 6) is -0.0390. The predicted octanol–water partition coefficient (Wildman–Crippen LogP) is 1.49. The molecular formula is C9H18N2O2Si. The number of imide groups is 1. The maximum absolute atomic E-state index is 11.9. The van der Waals surface area contributed by atoms with Crippen LogP contribution in [0, 0.1) is 0 Å². The molecule has 0 aliphatic carbocycles. The lowest BCUT2D eigenvalue weighted by Crippen LogP contribution is -2.50. The molecule has 0 aromatic carbocycles. The van der Waals surface area contributed by atoms with Crippen LogP contribution in [0.4, 0.5) is 4.79 Å². The van der Waals surface area contributed by atoms with Gasteiger partial charge in [0.15, 0.2) is 8.24 Å². The van der Waals surface area contributed by atoms with Crippen molar-refractivity contribution in [1.29, 1.82) is 0 Å². The average molecular weight is 214 g/mol. The first-order chi connectivity index (χ1) is 6.25. The van der Waals surface area contributed by atoms with E-state index in [0.717, 1.165) is 0 Å². The fraction of sp³-hybridized carbons (Fsp3) is 0.778. The molecule has 5 heteroatoms. The Labute approximate surface area is 86.0 Å². The van der Waals surface area contributed by atoms with Crippen LogP contribution in [0.5, 0.6) is 0 Å². The predicted molar refractivity (Wildman–Crippen MR) is 57.4 cm³/mol. The summed E-state index contributed by atoms with van der Waals surface area (Å²) in [4.78, 5) is 25.1. The Bertz CT molecular complexity index is 270. The number of hydrogen-bond acceptors (Lipinski definition) is 2. The molecule has 0 aromatic heterocycles. The Kier molecular flexibility index (Phi) is 2.71. The lowest BCUT2D eigenvalue weighted by atomic mass is 10.3. The van der Waals surface area contributed by atoms with Crippen molar-refractivity contribution in [2.45, 2.75) is 39.5 Å². The van der Waals surface area contributed by atoms with Gasteiger partial charge in [-0.25, -0.2) is 4.79 Å². The second kappa shape index (κ2) is 3.38. The Morgan fingerprint density at radius 3 is 1.93 bits per heavy atom. The van der Waals surface area contributed by atoms with Gasteiger partial charge in [0.05, 0.1) is 0 Å². The van der Waals surface area contributed by atoms with Crippen LogP contribution < -0.4 is 0 Å². The second-order valence-corrected chi connectivity index (χ2v) is 9.69. The van der Waals surface area contributed by atoms with E-state index in [9.17, 15) is 9.59 Å². The average Bonchev–Trinajstić information content (AvgIpc) is 2.24. The number of rotatable bonds is 2. The molecule has 80 valence electrons. The summed E-state index contributed by atoms with van der Waals surface area (Å²) in [7, 11) is -1.85. The van der Waals surface area contributed by atoms with Crippen molar-refractivity contribution in [1.82, 2.24) is 9.47 Å². The van der Waals surface area contributed by atoms with Gasteiger partial charge in [0.2, 0.25) is 5.91 Å². The van der Waals surface area contributed by atoms with E-state index < -0.39 is 8.24 Å². The number of nitrogens with zero attached hydrogens (tertiary/aromatic N) is 2. The molecule has 0 saturated carbocycles. The highest BCUT2D eigenvalue weighted by molar-refractivity contribution is 6.78. The molecule has 0 unspecified atom stereocenters. The third kappa shape index (κ3) is 1.82. The summed E-state index contributed by atoms with van der Waals surface area (Å²) in [5.41, 5.74) is 0. The van der Waals surface area contributed by atoms with Crippen LogP contribution in [0.15, 0.2) is 0 Å². The maximum Gasteiger partial charge on any atom is 0.319 e. The second-order valence-electron chi connectivity index (χ2n) is 4.90. The third-order valence-corrected chi connectivity index (χ3v) is 4.07. The highest BCUT2D eigenvalue weighted by Gasteiger charge is 2.43. The van der Waals surface area contributed by atoms with Gasteiger partial charge in [0.25, 0.3) is 0 Å². The smallest absolute Gasteiger partial charge is 0.313 e. The summed E-state index contributed by atoms with van der Waals surface area (Å²) in [6.07, 6.45) is 0. The van der Waals surface area contributed by atoms with Gasteiger partial charge < -0.3 is 4.90 Å². The normalized spacial score (nSPS) is 18.7.